The maximum atomic E-state index is 11.8. The highest BCUT2D eigenvalue weighted by Gasteiger charge is 2.47. The Morgan fingerprint density at radius 2 is 2.13 bits per heavy atom. The van der Waals surface area contributed by atoms with E-state index in [9.17, 15) is 13.6 Å². The highest BCUT2D eigenvalue weighted by atomic mass is 19.3. The summed E-state index contributed by atoms with van der Waals surface area (Å²) in [7, 11) is 0. The van der Waals surface area contributed by atoms with Gasteiger partial charge in [-0.2, -0.15) is 8.78 Å². The number of ether oxygens (including phenoxy) is 2. The predicted molar refractivity (Wildman–Crippen MR) is 46.4 cm³/mol. The second kappa shape index (κ2) is 3.68. The van der Waals surface area contributed by atoms with Gasteiger partial charge in [-0.3, -0.25) is 4.79 Å². The molecule has 0 aliphatic carbocycles. The molecule has 0 atom stereocenters. The van der Waals surface area contributed by atoms with Crippen LogP contribution in [0.1, 0.15) is 6.92 Å². The molecule has 0 aromatic heterocycles. The van der Waals surface area contributed by atoms with Crippen LogP contribution in [0.25, 0.3) is 0 Å². The quantitative estimate of drug-likeness (QED) is 0.695. The van der Waals surface area contributed by atoms with E-state index in [1.54, 1.807) is 0 Å². The van der Waals surface area contributed by atoms with Crippen LogP contribution >= 0.6 is 0 Å². The van der Waals surface area contributed by atoms with Gasteiger partial charge in [0, 0.05) is 13.1 Å². The number of carbonyl (C=O) groups excluding carboxylic acids is 1. The number of likely N-dealkylation sites (tertiary alicyclic amines) is 1. The van der Waals surface area contributed by atoms with Gasteiger partial charge in [-0.1, -0.05) is 0 Å². The molecular weight excluding hydrogens is 208 g/mol. The minimum absolute atomic E-state index is 0.0251. The summed E-state index contributed by atoms with van der Waals surface area (Å²) in [5.74, 6) is -0.0251. The van der Waals surface area contributed by atoms with Crippen LogP contribution in [-0.4, -0.2) is 49.8 Å². The van der Waals surface area contributed by atoms with Crippen molar-refractivity contribution in [3.05, 3.63) is 0 Å². The van der Waals surface area contributed by atoms with Crippen molar-refractivity contribution < 1.29 is 23.0 Å². The third-order valence-corrected chi connectivity index (χ3v) is 2.79. The Balaban J connectivity index is 1.77. The van der Waals surface area contributed by atoms with Crippen molar-refractivity contribution in [3.8, 4) is 0 Å². The molecule has 0 saturated carbocycles. The third kappa shape index (κ3) is 1.96. The molecule has 1 amide bonds. The zero-order valence-corrected chi connectivity index (χ0v) is 8.41. The molecule has 4 nitrogen and oxygen atoms in total. The van der Waals surface area contributed by atoms with Crippen molar-refractivity contribution in [1.29, 1.82) is 0 Å². The number of nitrogens with zero attached hydrogens (tertiary/aromatic N) is 1. The van der Waals surface area contributed by atoms with Crippen LogP contribution in [0.4, 0.5) is 8.78 Å². The van der Waals surface area contributed by atoms with Gasteiger partial charge >= 0.3 is 6.61 Å². The average Bonchev–Trinajstić information content (AvgIpc) is 2.05. The third-order valence-electron chi connectivity index (χ3n) is 2.79. The first-order chi connectivity index (χ1) is 7.01. The number of hydrogen-bond acceptors (Lipinski definition) is 3. The minimum Gasteiger partial charge on any atom is -0.379 e. The van der Waals surface area contributed by atoms with E-state index in [2.05, 4.69) is 4.74 Å². The average molecular weight is 221 g/mol. The van der Waals surface area contributed by atoms with Crippen LogP contribution in [0.5, 0.6) is 0 Å². The van der Waals surface area contributed by atoms with Crippen molar-refractivity contribution in [2.45, 2.75) is 19.6 Å². The molecule has 0 bridgehead atoms. The highest BCUT2D eigenvalue weighted by Crippen LogP contribution is 2.31. The Kier molecular flexibility index (Phi) is 2.64. The Morgan fingerprint density at radius 1 is 1.53 bits per heavy atom. The lowest BCUT2D eigenvalue weighted by Crippen LogP contribution is -2.62. The smallest absolute Gasteiger partial charge is 0.345 e. The molecule has 2 heterocycles. The molecule has 0 spiro atoms. The minimum atomic E-state index is -2.75. The maximum absolute atomic E-state index is 11.8. The van der Waals surface area contributed by atoms with E-state index in [0.717, 1.165) is 0 Å². The van der Waals surface area contributed by atoms with E-state index >= 15 is 0 Å². The van der Waals surface area contributed by atoms with E-state index in [4.69, 9.17) is 4.74 Å². The Morgan fingerprint density at radius 3 is 2.53 bits per heavy atom. The molecule has 2 aliphatic heterocycles. The largest absolute Gasteiger partial charge is 0.379 e. The molecule has 2 fully saturated rings. The van der Waals surface area contributed by atoms with Crippen molar-refractivity contribution in [2.24, 2.45) is 5.41 Å². The van der Waals surface area contributed by atoms with Crippen LogP contribution in [0.2, 0.25) is 0 Å². The second-order valence-electron chi connectivity index (χ2n) is 4.28. The molecule has 0 N–H and O–H groups in total. The zero-order valence-electron chi connectivity index (χ0n) is 8.41. The maximum Gasteiger partial charge on any atom is 0.345 e. The number of halogens is 2. The molecule has 2 aliphatic rings. The van der Waals surface area contributed by atoms with Gasteiger partial charge in [-0.15, -0.1) is 0 Å². The summed E-state index contributed by atoms with van der Waals surface area (Å²) in [5.41, 5.74) is -0.449. The van der Waals surface area contributed by atoms with Crippen LogP contribution in [-0.2, 0) is 14.3 Å². The summed E-state index contributed by atoms with van der Waals surface area (Å²) < 4.78 is 32.8. The lowest BCUT2D eigenvalue weighted by atomic mass is 9.86. The molecule has 86 valence electrons. The first kappa shape index (κ1) is 10.8. The summed E-state index contributed by atoms with van der Waals surface area (Å²) in [6, 6.07) is 0. The van der Waals surface area contributed by atoms with Crippen molar-refractivity contribution in [3.63, 3.8) is 0 Å². The molecule has 0 radical (unpaired) electrons. The molecule has 15 heavy (non-hydrogen) atoms. The van der Waals surface area contributed by atoms with Crippen LogP contribution in [0.15, 0.2) is 0 Å². The Labute approximate surface area is 86.1 Å². The van der Waals surface area contributed by atoms with Crippen LogP contribution < -0.4 is 0 Å². The number of rotatable bonds is 3. The monoisotopic (exact) mass is 221 g/mol. The summed E-state index contributed by atoms with van der Waals surface area (Å²) in [5, 5.41) is 0. The van der Waals surface area contributed by atoms with Gasteiger partial charge in [-0.05, 0) is 6.92 Å². The van der Waals surface area contributed by atoms with E-state index in [1.165, 1.54) is 4.90 Å². The highest BCUT2D eigenvalue weighted by molar-refractivity contribution is 5.84. The van der Waals surface area contributed by atoms with Gasteiger partial charge in [0.25, 0.3) is 0 Å². The van der Waals surface area contributed by atoms with Gasteiger partial charge < -0.3 is 14.4 Å². The first-order valence-electron chi connectivity index (χ1n) is 4.82. The summed E-state index contributed by atoms with van der Waals surface area (Å²) in [6.07, 6.45) is -0.515. The van der Waals surface area contributed by atoms with Crippen molar-refractivity contribution >= 4 is 5.91 Å². The fraction of sp³-hybridized carbons (Fsp3) is 0.889. The van der Waals surface area contributed by atoms with Gasteiger partial charge in [0.2, 0.25) is 5.91 Å². The molecular formula is C9H13F2NO3. The molecule has 0 unspecified atom stereocenters. The van der Waals surface area contributed by atoms with Gasteiger partial charge in [0.1, 0.15) is 0 Å². The van der Waals surface area contributed by atoms with Gasteiger partial charge in [0.05, 0.1) is 24.7 Å². The number of carbonyl (C=O) groups is 1. The van der Waals surface area contributed by atoms with E-state index in [1.807, 2.05) is 6.92 Å². The van der Waals surface area contributed by atoms with E-state index in [0.29, 0.717) is 13.2 Å². The first-order valence-corrected chi connectivity index (χ1v) is 4.82. The second-order valence-corrected chi connectivity index (χ2v) is 4.28. The van der Waals surface area contributed by atoms with E-state index < -0.39 is 18.1 Å². The molecule has 0 aromatic carbocycles. The summed E-state index contributed by atoms with van der Waals surface area (Å²) in [6.45, 7) is 0.429. The predicted octanol–water partition coefficient (Wildman–Crippen LogP) is 0.473. The summed E-state index contributed by atoms with van der Waals surface area (Å²) in [4.78, 5) is 13.3. The normalized spacial score (nSPS) is 24.9. The zero-order chi connectivity index (χ0) is 11.1. The molecule has 0 aromatic rings. The number of amides is 1. The standard InChI is InChI=1S/C9H13F2NO3/c1-9(4-14-5-9)7(13)12-2-6(3-12)15-8(10)11/h6,8H,2-5H2,1H3. The number of hydrogen-bond donors (Lipinski definition) is 0. The Hall–Kier alpha value is -0.750. The van der Waals surface area contributed by atoms with Crippen LogP contribution in [0, 0.1) is 5.41 Å². The van der Waals surface area contributed by atoms with Crippen molar-refractivity contribution in [1.82, 2.24) is 4.90 Å². The van der Waals surface area contributed by atoms with Crippen LogP contribution in [0.3, 0.4) is 0 Å². The summed E-state index contributed by atoms with van der Waals surface area (Å²) >= 11 is 0. The fourth-order valence-electron chi connectivity index (χ4n) is 1.75. The topological polar surface area (TPSA) is 38.8 Å². The Bertz CT molecular complexity index is 262. The van der Waals surface area contributed by atoms with E-state index in [-0.39, 0.29) is 19.0 Å². The molecule has 6 heteroatoms. The van der Waals surface area contributed by atoms with Gasteiger partial charge in [-0.25, -0.2) is 0 Å². The molecule has 2 saturated heterocycles. The van der Waals surface area contributed by atoms with Gasteiger partial charge in [0.15, 0.2) is 0 Å². The number of alkyl halides is 2. The molecule has 2 rings (SSSR count). The lowest BCUT2D eigenvalue weighted by Gasteiger charge is -2.46. The fourth-order valence-corrected chi connectivity index (χ4v) is 1.75. The lowest BCUT2D eigenvalue weighted by molar-refractivity contribution is -0.210. The van der Waals surface area contributed by atoms with Crippen molar-refractivity contribution in [2.75, 3.05) is 26.3 Å². The SMILES string of the molecule is CC1(C(=O)N2CC(OC(F)F)C2)COC1.